The fourth-order valence-corrected chi connectivity index (χ4v) is 3.29. The summed E-state index contributed by atoms with van der Waals surface area (Å²) in [5.74, 6) is 0.944. The zero-order valence-electron chi connectivity index (χ0n) is 10.1. The molecule has 0 N–H and O–H groups in total. The maximum Gasteiger partial charge on any atom is 0.225 e. The number of halogens is 1. The smallest absolute Gasteiger partial charge is 0.225 e. The summed E-state index contributed by atoms with van der Waals surface area (Å²) in [6, 6.07) is 2.14. The van der Waals surface area contributed by atoms with E-state index in [2.05, 4.69) is 27.9 Å². The van der Waals surface area contributed by atoms with Crippen molar-refractivity contribution < 1.29 is 4.74 Å². The van der Waals surface area contributed by atoms with Crippen LogP contribution >= 0.6 is 22.9 Å². The average Bonchev–Trinajstić information content (AvgIpc) is 2.56. The number of thiophene rings is 1. The van der Waals surface area contributed by atoms with Crippen LogP contribution < -0.4 is 4.90 Å². The van der Waals surface area contributed by atoms with E-state index < -0.39 is 0 Å². The van der Waals surface area contributed by atoms with Gasteiger partial charge in [-0.25, -0.2) is 4.98 Å². The number of rotatable bonds is 1. The van der Waals surface area contributed by atoms with E-state index in [0.29, 0.717) is 5.28 Å². The molecule has 4 nitrogen and oxygen atoms in total. The summed E-state index contributed by atoms with van der Waals surface area (Å²) in [5.41, 5.74) is 0. The molecular formula is C12H14ClN3OS. The molecule has 1 aliphatic heterocycles. The summed E-state index contributed by atoms with van der Waals surface area (Å²) < 4.78 is 5.48. The van der Waals surface area contributed by atoms with Crippen molar-refractivity contribution in [1.82, 2.24) is 9.97 Å². The van der Waals surface area contributed by atoms with Crippen molar-refractivity contribution >= 4 is 39.0 Å². The van der Waals surface area contributed by atoms with Gasteiger partial charge in [-0.05, 0) is 31.0 Å². The molecule has 3 rings (SSSR count). The van der Waals surface area contributed by atoms with Gasteiger partial charge in [-0.3, -0.25) is 0 Å². The van der Waals surface area contributed by atoms with E-state index in [1.54, 1.807) is 11.3 Å². The van der Waals surface area contributed by atoms with E-state index in [1.807, 2.05) is 0 Å². The quantitative estimate of drug-likeness (QED) is 0.755. The van der Waals surface area contributed by atoms with Crippen molar-refractivity contribution in [3.63, 3.8) is 0 Å². The number of nitrogens with zero attached hydrogens (tertiary/aromatic N) is 3. The Morgan fingerprint density at radius 1 is 1.33 bits per heavy atom. The summed E-state index contributed by atoms with van der Waals surface area (Å²) in [6.07, 6.45) is 1.02. The minimum absolute atomic E-state index is 0.324. The van der Waals surface area contributed by atoms with Crippen LogP contribution in [0.2, 0.25) is 5.28 Å². The molecule has 0 bridgehead atoms. The van der Waals surface area contributed by atoms with Crippen LogP contribution in [0, 0.1) is 6.92 Å². The number of aromatic nitrogens is 2. The molecule has 2 aromatic rings. The van der Waals surface area contributed by atoms with E-state index in [4.69, 9.17) is 16.3 Å². The Labute approximate surface area is 115 Å². The third-order valence-corrected chi connectivity index (χ3v) is 4.10. The highest BCUT2D eigenvalue weighted by atomic mass is 35.5. The number of ether oxygens (including phenoxy) is 1. The van der Waals surface area contributed by atoms with Crippen LogP contribution in [0.1, 0.15) is 11.3 Å². The van der Waals surface area contributed by atoms with Gasteiger partial charge >= 0.3 is 0 Å². The first-order chi connectivity index (χ1) is 8.74. The van der Waals surface area contributed by atoms with Crippen molar-refractivity contribution in [3.8, 4) is 0 Å². The second kappa shape index (κ2) is 4.99. The minimum Gasteiger partial charge on any atom is -0.380 e. The van der Waals surface area contributed by atoms with Gasteiger partial charge < -0.3 is 9.64 Å². The van der Waals surface area contributed by atoms with E-state index in [1.165, 1.54) is 4.88 Å². The molecule has 18 heavy (non-hydrogen) atoms. The maximum absolute atomic E-state index is 6.02. The van der Waals surface area contributed by atoms with Gasteiger partial charge in [0.25, 0.3) is 0 Å². The standard InChI is InChI=1S/C12H14ClN3OS/c1-8-7-9-10(14-12(13)15-11(9)18-8)16-3-2-5-17-6-4-16/h7H,2-6H2,1H3. The Morgan fingerprint density at radius 2 is 2.22 bits per heavy atom. The molecule has 0 aromatic carbocycles. The zero-order valence-corrected chi connectivity index (χ0v) is 11.7. The van der Waals surface area contributed by atoms with Gasteiger partial charge in [0.05, 0.1) is 12.0 Å². The summed E-state index contributed by atoms with van der Waals surface area (Å²) in [5, 5.41) is 1.42. The Kier molecular flexibility index (Phi) is 3.37. The zero-order chi connectivity index (χ0) is 12.5. The normalized spacial score (nSPS) is 17.1. The van der Waals surface area contributed by atoms with Crippen molar-refractivity contribution in [1.29, 1.82) is 0 Å². The molecule has 0 saturated carbocycles. The van der Waals surface area contributed by atoms with Gasteiger partial charge in [0.1, 0.15) is 10.6 Å². The van der Waals surface area contributed by atoms with Gasteiger partial charge in [-0.15, -0.1) is 11.3 Å². The van der Waals surface area contributed by atoms with Gasteiger partial charge in [0.2, 0.25) is 5.28 Å². The van der Waals surface area contributed by atoms with Crippen molar-refractivity contribution in [2.45, 2.75) is 13.3 Å². The topological polar surface area (TPSA) is 38.2 Å². The van der Waals surface area contributed by atoms with Crippen LogP contribution in [-0.4, -0.2) is 36.3 Å². The molecule has 6 heteroatoms. The maximum atomic E-state index is 6.02. The third-order valence-electron chi connectivity index (χ3n) is 2.99. The first-order valence-corrected chi connectivity index (χ1v) is 7.20. The molecule has 2 aromatic heterocycles. The Balaban J connectivity index is 2.08. The molecule has 0 atom stereocenters. The van der Waals surface area contributed by atoms with Gasteiger partial charge in [-0.1, -0.05) is 0 Å². The fourth-order valence-electron chi connectivity index (χ4n) is 2.20. The molecule has 0 spiro atoms. The third kappa shape index (κ3) is 2.30. The second-order valence-corrected chi connectivity index (χ2v) is 5.92. The van der Waals surface area contributed by atoms with E-state index in [0.717, 1.165) is 48.8 Å². The molecule has 1 aliphatic rings. The van der Waals surface area contributed by atoms with Crippen LogP contribution in [0.4, 0.5) is 5.82 Å². The lowest BCUT2D eigenvalue weighted by Crippen LogP contribution is -2.27. The predicted molar refractivity (Wildman–Crippen MR) is 74.8 cm³/mol. The molecule has 0 amide bonds. The first kappa shape index (κ1) is 12.1. The van der Waals surface area contributed by atoms with Gasteiger partial charge in [-0.2, -0.15) is 4.98 Å². The Bertz CT molecular complexity index is 564. The average molecular weight is 284 g/mol. The lowest BCUT2D eigenvalue weighted by molar-refractivity contribution is 0.152. The molecule has 0 aliphatic carbocycles. The molecule has 0 radical (unpaired) electrons. The predicted octanol–water partition coefficient (Wildman–Crippen LogP) is 2.88. The van der Waals surface area contributed by atoms with Crippen molar-refractivity contribution in [2.75, 3.05) is 31.2 Å². The monoisotopic (exact) mass is 283 g/mol. The number of anilines is 1. The van der Waals surface area contributed by atoms with Crippen molar-refractivity contribution in [3.05, 3.63) is 16.2 Å². The Morgan fingerprint density at radius 3 is 3.11 bits per heavy atom. The molecule has 96 valence electrons. The highest BCUT2D eigenvalue weighted by Crippen LogP contribution is 2.31. The lowest BCUT2D eigenvalue weighted by atomic mass is 10.3. The van der Waals surface area contributed by atoms with Crippen LogP contribution in [0.3, 0.4) is 0 Å². The summed E-state index contributed by atoms with van der Waals surface area (Å²) in [7, 11) is 0. The Hall–Kier alpha value is -0.910. The molecule has 1 saturated heterocycles. The van der Waals surface area contributed by atoms with Crippen molar-refractivity contribution in [2.24, 2.45) is 0 Å². The lowest BCUT2D eigenvalue weighted by Gasteiger charge is -2.21. The molecular weight excluding hydrogens is 270 g/mol. The fraction of sp³-hybridized carbons (Fsp3) is 0.500. The first-order valence-electron chi connectivity index (χ1n) is 6.00. The van der Waals surface area contributed by atoms with Crippen LogP contribution in [-0.2, 0) is 4.74 Å². The van der Waals surface area contributed by atoms with E-state index in [-0.39, 0.29) is 0 Å². The highest BCUT2D eigenvalue weighted by Gasteiger charge is 2.17. The number of hydrogen-bond donors (Lipinski definition) is 0. The molecule has 1 fully saturated rings. The number of fused-ring (bicyclic) bond motifs is 1. The minimum atomic E-state index is 0.324. The van der Waals surface area contributed by atoms with E-state index in [9.17, 15) is 0 Å². The van der Waals surface area contributed by atoms with E-state index >= 15 is 0 Å². The number of aryl methyl sites for hydroxylation is 1. The van der Waals surface area contributed by atoms with Crippen LogP contribution in [0.25, 0.3) is 10.2 Å². The summed E-state index contributed by atoms with van der Waals surface area (Å²) in [4.78, 5) is 13.1. The summed E-state index contributed by atoms with van der Waals surface area (Å²) in [6.45, 7) is 5.46. The molecule has 3 heterocycles. The second-order valence-electron chi connectivity index (χ2n) is 4.35. The molecule has 0 unspecified atom stereocenters. The summed E-state index contributed by atoms with van der Waals surface area (Å²) >= 11 is 7.68. The number of hydrogen-bond acceptors (Lipinski definition) is 5. The van der Waals surface area contributed by atoms with Crippen LogP contribution in [0.5, 0.6) is 0 Å². The van der Waals surface area contributed by atoms with Gasteiger partial charge in [0, 0.05) is 24.6 Å². The van der Waals surface area contributed by atoms with Crippen LogP contribution in [0.15, 0.2) is 6.07 Å². The SMILES string of the molecule is Cc1cc2c(N3CCCOCC3)nc(Cl)nc2s1. The highest BCUT2D eigenvalue weighted by molar-refractivity contribution is 7.18. The largest absolute Gasteiger partial charge is 0.380 e. The van der Waals surface area contributed by atoms with Gasteiger partial charge in [0.15, 0.2) is 0 Å².